The highest BCUT2D eigenvalue weighted by Gasteiger charge is 2.17. The first-order chi connectivity index (χ1) is 8.58. The second-order valence-corrected chi connectivity index (χ2v) is 4.66. The van der Waals surface area contributed by atoms with Crippen molar-refractivity contribution in [1.82, 2.24) is 10.2 Å². The van der Waals surface area contributed by atoms with Crippen LogP contribution < -0.4 is 5.73 Å². The number of hydrogen-bond donors (Lipinski definition) is 1. The predicted octanol–water partition coefficient (Wildman–Crippen LogP) is 2.92. The van der Waals surface area contributed by atoms with E-state index in [0.29, 0.717) is 17.4 Å². The van der Waals surface area contributed by atoms with Crippen LogP contribution in [0.5, 0.6) is 0 Å². The molecular formula is C13H16FN3O. The van der Waals surface area contributed by atoms with Crippen LogP contribution in [0.4, 0.5) is 4.39 Å². The molecule has 0 aliphatic rings. The fourth-order valence-electron chi connectivity index (χ4n) is 1.74. The van der Waals surface area contributed by atoms with Crippen LogP contribution in [-0.4, -0.2) is 10.2 Å². The quantitative estimate of drug-likeness (QED) is 0.904. The van der Waals surface area contributed by atoms with E-state index >= 15 is 0 Å². The van der Waals surface area contributed by atoms with Crippen molar-refractivity contribution in [3.8, 4) is 11.5 Å². The highest BCUT2D eigenvalue weighted by Crippen LogP contribution is 2.24. The molecule has 0 aliphatic heterocycles. The molecule has 1 aromatic carbocycles. The van der Waals surface area contributed by atoms with Crippen LogP contribution >= 0.6 is 0 Å². The first kappa shape index (κ1) is 12.7. The molecule has 0 radical (unpaired) electrons. The van der Waals surface area contributed by atoms with E-state index in [2.05, 4.69) is 24.0 Å². The maximum atomic E-state index is 13.5. The summed E-state index contributed by atoms with van der Waals surface area (Å²) < 4.78 is 19.0. The number of aromatic nitrogens is 2. The Morgan fingerprint density at radius 3 is 2.67 bits per heavy atom. The van der Waals surface area contributed by atoms with E-state index in [0.717, 1.165) is 6.42 Å². The summed E-state index contributed by atoms with van der Waals surface area (Å²) in [6.45, 7) is 4.13. The lowest BCUT2D eigenvalue weighted by Crippen LogP contribution is -2.13. The average molecular weight is 249 g/mol. The second kappa shape index (κ2) is 5.27. The number of benzene rings is 1. The molecule has 0 saturated carbocycles. The SMILES string of the molecule is CC(C)CC(N)c1nnc(-c2ccccc2F)o1. The van der Waals surface area contributed by atoms with Gasteiger partial charge in [0.15, 0.2) is 0 Å². The molecule has 96 valence electrons. The fraction of sp³-hybridized carbons (Fsp3) is 0.385. The summed E-state index contributed by atoms with van der Waals surface area (Å²) in [6, 6.07) is 5.98. The van der Waals surface area contributed by atoms with Gasteiger partial charge in [0, 0.05) is 0 Å². The zero-order chi connectivity index (χ0) is 13.1. The zero-order valence-electron chi connectivity index (χ0n) is 10.4. The largest absolute Gasteiger partial charge is 0.419 e. The Kier molecular flexibility index (Phi) is 3.72. The van der Waals surface area contributed by atoms with E-state index in [-0.39, 0.29) is 17.7 Å². The van der Waals surface area contributed by atoms with Crippen LogP contribution in [0, 0.1) is 11.7 Å². The van der Waals surface area contributed by atoms with E-state index in [1.807, 2.05) is 0 Å². The number of rotatable bonds is 4. The molecule has 0 aliphatic carbocycles. The van der Waals surface area contributed by atoms with Gasteiger partial charge in [-0.25, -0.2) is 4.39 Å². The average Bonchev–Trinajstić information content (AvgIpc) is 2.78. The van der Waals surface area contributed by atoms with Crippen LogP contribution in [0.3, 0.4) is 0 Å². The Bertz CT molecular complexity index is 524. The van der Waals surface area contributed by atoms with Gasteiger partial charge in [-0.1, -0.05) is 26.0 Å². The number of nitrogens with zero attached hydrogens (tertiary/aromatic N) is 2. The van der Waals surface area contributed by atoms with E-state index in [1.54, 1.807) is 18.2 Å². The molecule has 18 heavy (non-hydrogen) atoms. The molecule has 2 N–H and O–H groups in total. The van der Waals surface area contributed by atoms with Gasteiger partial charge in [-0.15, -0.1) is 10.2 Å². The Morgan fingerprint density at radius 2 is 2.00 bits per heavy atom. The third-order valence-electron chi connectivity index (χ3n) is 2.59. The molecule has 1 heterocycles. The molecule has 0 bridgehead atoms. The zero-order valence-corrected chi connectivity index (χ0v) is 10.4. The smallest absolute Gasteiger partial charge is 0.250 e. The highest BCUT2D eigenvalue weighted by molar-refractivity contribution is 5.53. The molecule has 0 fully saturated rings. The van der Waals surface area contributed by atoms with Crippen LogP contribution in [0.25, 0.3) is 11.5 Å². The molecule has 2 rings (SSSR count). The van der Waals surface area contributed by atoms with Crippen molar-refractivity contribution < 1.29 is 8.81 Å². The topological polar surface area (TPSA) is 64.9 Å². The van der Waals surface area contributed by atoms with Crippen LogP contribution in [0.1, 0.15) is 32.2 Å². The fourth-order valence-corrected chi connectivity index (χ4v) is 1.74. The summed E-state index contributed by atoms with van der Waals surface area (Å²) in [4.78, 5) is 0. The lowest BCUT2D eigenvalue weighted by Gasteiger charge is -2.08. The minimum Gasteiger partial charge on any atom is -0.419 e. The van der Waals surface area contributed by atoms with Crippen molar-refractivity contribution in [2.24, 2.45) is 11.7 Å². The Hall–Kier alpha value is -1.75. The van der Waals surface area contributed by atoms with E-state index in [4.69, 9.17) is 10.2 Å². The Balaban J connectivity index is 2.23. The van der Waals surface area contributed by atoms with Crippen molar-refractivity contribution in [2.75, 3.05) is 0 Å². The summed E-state index contributed by atoms with van der Waals surface area (Å²) in [5, 5.41) is 7.72. The highest BCUT2D eigenvalue weighted by atomic mass is 19.1. The van der Waals surface area contributed by atoms with E-state index in [9.17, 15) is 4.39 Å². The molecule has 2 aromatic rings. The standard InChI is InChI=1S/C13H16FN3O/c1-8(2)7-11(15)13-17-16-12(18-13)9-5-3-4-6-10(9)14/h3-6,8,11H,7,15H2,1-2H3. The van der Waals surface area contributed by atoms with Crippen LogP contribution in [0.15, 0.2) is 28.7 Å². The van der Waals surface area contributed by atoms with Crippen molar-refractivity contribution in [2.45, 2.75) is 26.3 Å². The Labute approximate surface area is 105 Å². The van der Waals surface area contributed by atoms with Crippen molar-refractivity contribution >= 4 is 0 Å². The normalized spacial score (nSPS) is 12.9. The van der Waals surface area contributed by atoms with Gasteiger partial charge in [-0.2, -0.15) is 0 Å². The van der Waals surface area contributed by atoms with E-state index in [1.165, 1.54) is 6.07 Å². The first-order valence-electron chi connectivity index (χ1n) is 5.91. The van der Waals surface area contributed by atoms with Crippen molar-refractivity contribution in [3.63, 3.8) is 0 Å². The number of nitrogens with two attached hydrogens (primary N) is 1. The first-order valence-corrected chi connectivity index (χ1v) is 5.91. The lowest BCUT2D eigenvalue weighted by atomic mass is 10.0. The minimum absolute atomic E-state index is 0.169. The summed E-state index contributed by atoms with van der Waals surface area (Å²) in [5.41, 5.74) is 6.23. The maximum absolute atomic E-state index is 13.5. The van der Waals surface area contributed by atoms with Gasteiger partial charge in [0.05, 0.1) is 11.6 Å². The van der Waals surface area contributed by atoms with Crippen molar-refractivity contribution in [3.05, 3.63) is 36.0 Å². The van der Waals surface area contributed by atoms with E-state index < -0.39 is 0 Å². The number of halogens is 1. The molecule has 4 nitrogen and oxygen atoms in total. The minimum atomic E-state index is -0.384. The Morgan fingerprint density at radius 1 is 1.28 bits per heavy atom. The van der Waals surface area contributed by atoms with Gasteiger partial charge in [0.2, 0.25) is 5.89 Å². The summed E-state index contributed by atoms with van der Waals surface area (Å²) in [5.74, 6) is 0.568. The van der Waals surface area contributed by atoms with Crippen LogP contribution in [-0.2, 0) is 0 Å². The molecule has 5 heteroatoms. The van der Waals surface area contributed by atoms with Gasteiger partial charge in [-0.3, -0.25) is 0 Å². The molecule has 1 unspecified atom stereocenters. The van der Waals surface area contributed by atoms with Crippen LogP contribution in [0.2, 0.25) is 0 Å². The summed E-state index contributed by atoms with van der Waals surface area (Å²) >= 11 is 0. The monoisotopic (exact) mass is 249 g/mol. The molecule has 1 aromatic heterocycles. The second-order valence-electron chi connectivity index (χ2n) is 4.66. The molecule has 0 saturated heterocycles. The van der Waals surface area contributed by atoms with Gasteiger partial charge in [0.1, 0.15) is 5.82 Å². The third-order valence-corrected chi connectivity index (χ3v) is 2.59. The maximum Gasteiger partial charge on any atom is 0.250 e. The number of hydrogen-bond acceptors (Lipinski definition) is 4. The molecular weight excluding hydrogens is 233 g/mol. The lowest BCUT2D eigenvalue weighted by molar-refractivity contribution is 0.407. The van der Waals surface area contributed by atoms with Gasteiger partial charge < -0.3 is 10.2 Å². The molecule has 0 spiro atoms. The van der Waals surface area contributed by atoms with Crippen molar-refractivity contribution in [1.29, 1.82) is 0 Å². The summed E-state index contributed by atoms with van der Waals surface area (Å²) in [6.07, 6.45) is 0.749. The third kappa shape index (κ3) is 2.73. The predicted molar refractivity (Wildman–Crippen MR) is 66.1 cm³/mol. The molecule has 0 amide bonds. The van der Waals surface area contributed by atoms with Gasteiger partial charge in [0.25, 0.3) is 5.89 Å². The van der Waals surface area contributed by atoms with Gasteiger partial charge in [-0.05, 0) is 24.5 Å². The van der Waals surface area contributed by atoms with Gasteiger partial charge >= 0.3 is 0 Å². The summed E-state index contributed by atoms with van der Waals surface area (Å²) in [7, 11) is 0. The molecule has 1 atom stereocenters.